The monoisotopic (exact) mass is 488 g/mol. The van der Waals surface area contributed by atoms with Gasteiger partial charge in [-0.1, -0.05) is 6.07 Å². The number of aryl methyl sites for hydroxylation is 1. The second-order valence-electron chi connectivity index (χ2n) is 8.53. The minimum atomic E-state index is -0.157. The third-order valence-electron chi connectivity index (χ3n) is 6.57. The largest absolute Gasteiger partial charge is 0.497 e. The lowest BCUT2D eigenvalue weighted by molar-refractivity contribution is 0.403. The lowest BCUT2D eigenvalue weighted by Gasteiger charge is -2.29. The van der Waals surface area contributed by atoms with Gasteiger partial charge in [-0.2, -0.15) is 0 Å². The fourth-order valence-corrected chi connectivity index (χ4v) is 5.18. The highest BCUT2D eigenvalue weighted by atomic mass is 32.1. The van der Waals surface area contributed by atoms with Crippen LogP contribution in [0.25, 0.3) is 0 Å². The van der Waals surface area contributed by atoms with Crippen molar-refractivity contribution in [2.24, 2.45) is 0 Å². The van der Waals surface area contributed by atoms with Gasteiger partial charge in [0.25, 0.3) is 0 Å². The summed E-state index contributed by atoms with van der Waals surface area (Å²) in [6.07, 6.45) is 3.52. The summed E-state index contributed by atoms with van der Waals surface area (Å²) in [5.74, 6) is 2.35. The van der Waals surface area contributed by atoms with Crippen molar-refractivity contribution in [2.45, 2.75) is 32.5 Å². The maximum Gasteiger partial charge on any atom is 0.174 e. The molecule has 5 rings (SSSR count). The van der Waals surface area contributed by atoms with Crippen LogP contribution in [-0.4, -0.2) is 28.9 Å². The molecule has 35 heavy (non-hydrogen) atoms. The molecular formula is C27H28N4O3S. The maximum atomic E-state index is 5.91. The second kappa shape index (κ2) is 9.46. The maximum absolute atomic E-state index is 5.91. The van der Waals surface area contributed by atoms with E-state index in [1.165, 1.54) is 0 Å². The molecule has 7 nitrogen and oxygen atoms in total. The van der Waals surface area contributed by atoms with Crippen molar-refractivity contribution in [3.8, 4) is 11.5 Å². The van der Waals surface area contributed by atoms with Crippen LogP contribution in [0.15, 0.2) is 71.5 Å². The van der Waals surface area contributed by atoms with Gasteiger partial charge < -0.3 is 28.7 Å². The number of pyridine rings is 1. The van der Waals surface area contributed by atoms with E-state index in [1.54, 1.807) is 20.5 Å². The molecule has 0 bridgehead atoms. The lowest BCUT2D eigenvalue weighted by atomic mass is 9.96. The number of hydrogen-bond acceptors (Lipinski definition) is 5. The molecule has 0 unspecified atom stereocenters. The highest BCUT2D eigenvalue weighted by molar-refractivity contribution is 7.80. The Hall–Kier alpha value is -3.78. The molecule has 1 aliphatic rings. The first-order valence-electron chi connectivity index (χ1n) is 11.4. The molecule has 2 atom stereocenters. The molecular weight excluding hydrogens is 460 g/mol. The summed E-state index contributed by atoms with van der Waals surface area (Å²) < 4.78 is 19.2. The number of nitrogens with zero attached hydrogens (tertiary/aromatic N) is 3. The number of ether oxygens (including phenoxy) is 2. The zero-order valence-electron chi connectivity index (χ0n) is 20.2. The average Bonchev–Trinajstić information content (AvgIpc) is 3.59. The van der Waals surface area contributed by atoms with Crippen LogP contribution in [0.5, 0.6) is 11.5 Å². The highest BCUT2D eigenvalue weighted by Crippen LogP contribution is 2.46. The smallest absolute Gasteiger partial charge is 0.174 e. The van der Waals surface area contributed by atoms with Crippen molar-refractivity contribution in [3.05, 3.63) is 95.5 Å². The van der Waals surface area contributed by atoms with Gasteiger partial charge in [-0.15, -0.1) is 0 Å². The molecule has 0 aliphatic carbocycles. The number of nitrogens with one attached hydrogen (secondary N) is 1. The van der Waals surface area contributed by atoms with Crippen LogP contribution < -0.4 is 19.7 Å². The third kappa shape index (κ3) is 4.14. The van der Waals surface area contributed by atoms with Gasteiger partial charge >= 0.3 is 0 Å². The molecule has 3 aromatic heterocycles. The molecule has 0 saturated carbocycles. The Kier molecular flexibility index (Phi) is 6.21. The summed E-state index contributed by atoms with van der Waals surface area (Å²) in [6.45, 7) is 4.92. The molecule has 0 spiro atoms. The second-order valence-corrected chi connectivity index (χ2v) is 8.91. The number of anilines is 1. The Morgan fingerprint density at radius 3 is 2.60 bits per heavy atom. The minimum absolute atomic E-state index is 0.155. The van der Waals surface area contributed by atoms with Crippen molar-refractivity contribution < 1.29 is 13.9 Å². The predicted molar refractivity (Wildman–Crippen MR) is 139 cm³/mol. The number of rotatable bonds is 7. The lowest BCUT2D eigenvalue weighted by Crippen LogP contribution is -2.30. The van der Waals surface area contributed by atoms with E-state index in [0.717, 1.165) is 39.8 Å². The molecule has 4 heterocycles. The summed E-state index contributed by atoms with van der Waals surface area (Å²) in [7, 11) is 3.32. The van der Waals surface area contributed by atoms with Gasteiger partial charge in [0, 0.05) is 23.7 Å². The Bertz CT molecular complexity index is 1330. The van der Waals surface area contributed by atoms with Crippen LogP contribution in [-0.2, 0) is 6.54 Å². The fraction of sp³-hybridized carbons (Fsp3) is 0.259. The van der Waals surface area contributed by atoms with Crippen LogP contribution >= 0.6 is 12.2 Å². The molecule has 4 aromatic rings. The molecule has 1 N–H and O–H groups in total. The van der Waals surface area contributed by atoms with E-state index in [9.17, 15) is 0 Å². The van der Waals surface area contributed by atoms with Crippen molar-refractivity contribution >= 4 is 23.0 Å². The van der Waals surface area contributed by atoms with Crippen molar-refractivity contribution in [2.75, 3.05) is 19.1 Å². The predicted octanol–water partition coefficient (Wildman–Crippen LogP) is 5.34. The van der Waals surface area contributed by atoms with Gasteiger partial charge in [0.2, 0.25) is 0 Å². The Labute approximate surface area is 210 Å². The molecule has 1 aliphatic heterocycles. The van der Waals surface area contributed by atoms with Crippen molar-refractivity contribution in [1.29, 1.82) is 0 Å². The number of thiocarbonyl (C=S) groups is 1. The Morgan fingerprint density at radius 1 is 1.06 bits per heavy atom. The van der Waals surface area contributed by atoms with Crippen LogP contribution in [0.3, 0.4) is 0 Å². The molecule has 180 valence electrons. The third-order valence-corrected chi connectivity index (χ3v) is 6.88. The van der Waals surface area contributed by atoms with Crippen LogP contribution in [0.1, 0.15) is 40.5 Å². The first-order chi connectivity index (χ1) is 17.0. The average molecular weight is 489 g/mol. The normalized spacial score (nSPS) is 17.5. The molecule has 0 amide bonds. The van der Waals surface area contributed by atoms with Gasteiger partial charge in [0.1, 0.15) is 17.3 Å². The standard InChI is InChI=1S/C27H28N4O3S/c1-17-14-21(18(2)30(17)16-20-8-7-13-34-20)26-25(22-9-5-6-12-28-22)29-27(35)31(26)23-15-19(32-3)10-11-24(23)33-4/h5-15,25-26H,16H2,1-4H3,(H,29,35)/t25-,26+/m1/s1. The number of aromatic nitrogens is 2. The van der Waals surface area contributed by atoms with E-state index in [0.29, 0.717) is 17.4 Å². The fourth-order valence-electron chi connectivity index (χ4n) is 4.84. The van der Waals surface area contributed by atoms with Crippen molar-refractivity contribution in [3.63, 3.8) is 0 Å². The van der Waals surface area contributed by atoms with Crippen LogP contribution in [0.2, 0.25) is 0 Å². The quantitative estimate of drug-likeness (QED) is 0.353. The summed E-state index contributed by atoms with van der Waals surface area (Å²) in [4.78, 5) is 6.79. The summed E-state index contributed by atoms with van der Waals surface area (Å²) >= 11 is 5.91. The minimum Gasteiger partial charge on any atom is -0.497 e. The number of hydrogen-bond donors (Lipinski definition) is 1. The molecule has 1 aromatic carbocycles. The zero-order valence-corrected chi connectivity index (χ0v) is 21.0. The topological polar surface area (TPSA) is 64.7 Å². The van der Waals surface area contributed by atoms with E-state index >= 15 is 0 Å². The van der Waals surface area contributed by atoms with Gasteiger partial charge in [-0.05, 0) is 74.1 Å². The Balaban J connectivity index is 1.67. The van der Waals surface area contributed by atoms with Crippen molar-refractivity contribution in [1.82, 2.24) is 14.9 Å². The SMILES string of the molecule is COc1ccc(OC)c(N2C(=S)N[C@H](c3ccccn3)[C@@H]2c2cc(C)n(Cc3ccco3)c2C)c1. The summed E-state index contributed by atoms with van der Waals surface area (Å²) in [6, 6.07) is 17.5. The first-order valence-corrected chi connectivity index (χ1v) is 11.8. The van der Waals surface area contributed by atoms with E-state index in [-0.39, 0.29) is 12.1 Å². The van der Waals surface area contributed by atoms with Gasteiger partial charge in [-0.3, -0.25) is 4.98 Å². The van der Waals surface area contributed by atoms with E-state index in [1.807, 2.05) is 54.7 Å². The van der Waals surface area contributed by atoms with Crippen LogP contribution in [0, 0.1) is 13.8 Å². The highest BCUT2D eigenvalue weighted by Gasteiger charge is 2.43. The van der Waals surface area contributed by atoms with E-state index in [2.05, 4.69) is 39.7 Å². The van der Waals surface area contributed by atoms with Gasteiger partial charge in [0.15, 0.2) is 5.11 Å². The van der Waals surface area contributed by atoms with Gasteiger partial charge in [-0.25, -0.2) is 0 Å². The van der Waals surface area contributed by atoms with Crippen LogP contribution in [0.4, 0.5) is 5.69 Å². The first kappa shape index (κ1) is 23.0. The van der Waals surface area contributed by atoms with E-state index in [4.69, 9.17) is 26.1 Å². The Morgan fingerprint density at radius 2 is 1.91 bits per heavy atom. The molecule has 0 radical (unpaired) electrons. The number of benzene rings is 1. The van der Waals surface area contributed by atoms with E-state index < -0.39 is 0 Å². The summed E-state index contributed by atoms with van der Waals surface area (Å²) in [5, 5.41) is 4.13. The summed E-state index contributed by atoms with van der Waals surface area (Å²) in [5.41, 5.74) is 5.19. The number of furan rings is 1. The molecule has 1 fully saturated rings. The number of methoxy groups -OCH3 is 2. The molecule has 8 heteroatoms. The van der Waals surface area contributed by atoms with Gasteiger partial charge in [0.05, 0.1) is 50.5 Å². The molecule has 1 saturated heterocycles. The zero-order chi connectivity index (χ0) is 24.5.